The number of hydrogen-bond acceptors (Lipinski definition) is 8. The van der Waals surface area contributed by atoms with Crippen molar-refractivity contribution in [1.82, 2.24) is 5.32 Å². The van der Waals surface area contributed by atoms with Crippen LogP contribution in [0.2, 0.25) is 0 Å². The van der Waals surface area contributed by atoms with Gasteiger partial charge in [0, 0.05) is 6.42 Å². The van der Waals surface area contributed by atoms with Crippen molar-refractivity contribution in [3.63, 3.8) is 0 Å². The molecule has 1 saturated heterocycles. The van der Waals surface area contributed by atoms with Crippen molar-refractivity contribution in [1.29, 1.82) is 0 Å². The van der Waals surface area contributed by atoms with Crippen LogP contribution < -0.4 is 5.32 Å². The van der Waals surface area contributed by atoms with E-state index in [0.29, 0.717) is 12.8 Å². The lowest BCUT2D eigenvalue weighted by Crippen LogP contribution is -2.60. The van der Waals surface area contributed by atoms with Crippen molar-refractivity contribution in [3.8, 4) is 0 Å². The summed E-state index contributed by atoms with van der Waals surface area (Å²) in [5.41, 5.74) is 0. The van der Waals surface area contributed by atoms with E-state index in [1.165, 1.54) is 135 Å². The Balaban J connectivity index is 2.28. The molecule has 6 N–H and O–H groups in total. The van der Waals surface area contributed by atoms with E-state index in [2.05, 4.69) is 31.3 Å². The molecule has 308 valence electrons. The first-order chi connectivity index (χ1) is 25.3. The Labute approximate surface area is 318 Å². The third kappa shape index (κ3) is 25.1. The van der Waals surface area contributed by atoms with Gasteiger partial charge in [0.05, 0.1) is 25.4 Å². The van der Waals surface area contributed by atoms with Crippen molar-refractivity contribution in [3.05, 3.63) is 12.2 Å². The van der Waals surface area contributed by atoms with Crippen LogP contribution in [-0.4, -0.2) is 87.5 Å². The van der Waals surface area contributed by atoms with Crippen LogP contribution in [0.4, 0.5) is 0 Å². The van der Waals surface area contributed by atoms with Crippen LogP contribution in [0.1, 0.15) is 200 Å². The summed E-state index contributed by atoms with van der Waals surface area (Å²) in [6, 6.07) is -0.715. The van der Waals surface area contributed by atoms with Gasteiger partial charge in [0.25, 0.3) is 0 Å². The molecular weight excluding hydrogens is 658 g/mol. The van der Waals surface area contributed by atoms with E-state index in [4.69, 9.17) is 9.47 Å². The van der Waals surface area contributed by atoms with Crippen LogP contribution in [0.15, 0.2) is 12.2 Å². The van der Waals surface area contributed by atoms with Crippen LogP contribution in [0, 0.1) is 0 Å². The third-order valence-electron chi connectivity index (χ3n) is 10.6. The summed E-state index contributed by atoms with van der Waals surface area (Å²) < 4.78 is 11.2. The van der Waals surface area contributed by atoms with Crippen molar-refractivity contribution in [2.24, 2.45) is 0 Å². The average Bonchev–Trinajstić information content (AvgIpc) is 3.14. The van der Waals surface area contributed by atoms with Crippen molar-refractivity contribution in [2.45, 2.75) is 243 Å². The predicted molar refractivity (Wildman–Crippen MR) is 212 cm³/mol. The molecule has 0 aromatic carbocycles. The number of carbonyl (C=O) groups excluding carboxylic acids is 1. The van der Waals surface area contributed by atoms with E-state index in [-0.39, 0.29) is 12.5 Å². The number of amides is 1. The van der Waals surface area contributed by atoms with Gasteiger partial charge in [0.2, 0.25) is 5.91 Å². The molecule has 0 radical (unpaired) electrons. The quantitative estimate of drug-likeness (QED) is 0.0277. The number of hydrogen-bond donors (Lipinski definition) is 6. The number of aliphatic hydroxyl groups is 5. The number of nitrogens with one attached hydrogen (secondary N) is 1. The highest BCUT2D eigenvalue weighted by molar-refractivity contribution is 5.76. The Hall–Kier alpha value is -1.07. The summed E-state index contributed by atoms with van der Waals surface area (Å²) in [5.74, 6) is -0.150. The van der Waals surface area contributed by atoms with E-state index >= 15 is 0 Å². The van der Waals surface area contributed by atoms with Gasteiger partial charge < -0.3 is 40.3 Å². The molecule has 0 aromatic heterocycles. The van der Waals surface area contributed by atoms with E-state index in [9.17, 15) is 30.3 Å². The summed E-state index contributed by atoms with van der Waals surface area (Å²) in [4.78, 5) is 12.9. The lowest BCUT2D eigenvalue weighted by molar-refractivity contribution is -0.302. The van der Waals surface area contributed by atoms with Crippen LogP contribution in [0.3, 0.4) is 0 Å². The molecule has 7 unspecified atom stereocenters. The molecule has 7 atom stereocenters. The largest absolute Gasteiger partial charge is 0.394 e. The fourth-order valence-electron chi connectivity index (χ4n) is 7.04. The molecule has 9 heteroatoms. The number of unbranched alkanes of at least 4 members (excludes halogenated alkanes) is 24. The SMILES string of the molecule is CCCCCCCCCCC/C=C\CCCCCCCCCC(=O)NC(COC1OC(CO)C(O)C(O)C1O)C(O)CCCCCCCCCCC. The predicted octanol–water partition coefficient (Wildman–Crippen LogP) is 8.56. The summed E-state index contributed by atoms with van der Waals surface area (Å²) >= 11 is 0. The standard InChI is InChI=1S/C43H83NO8/c1-3-5-7-9-11-13-14-15-16-17-18-19-20-21-22-23-25-27-29-31-33-39(47)44-36(37(46)32-30-28-26-24-12-10-8-6-4-2)35-51-43-42(50)41(49)40(48)38(34-45)52-43/h18-19,36-38,40-43,45-46,48-50H,3-17,20-35H2,1-2H3,(H,44,47)/b19-18-. The molecule has 0 spiro atoms. The Bertz CT molecular complexity index is 827. The fraction of sp³-hybridized carbons (Fsp3) is 0.930. The lowest BCUT2D eigenvalue weighted by atomic mass is 9.99. The van der Waals surface area contributed by atoms with E-state index < -0.39 is 49.5 Å². The van der Waals surface area contributed by atoms with Crippen LogP contribution >= 0.6 is 0 Å². The van der Waals surface area contributed by atoms with Crippen LogP contribution in [0.25, 0.3) is 0 Å². The van der Waals surface area contributed by atoms with Gasteiger partial charge in [0.1, 0.15) is 24.4 Å². The monoisotopic (exact) mass is 742 g/mol. The van der Waals surface area contributed by atoms with Gasteiger partial charge in [-0.05, 0) is 38.5 Å². The lowest BCUT2D eigenvalue weighted by Gasteiger charge is -2.40. The summed E-state index contributed by atoms with van der Waals surface area (Å²) in [7, 11) is 0. The number of aliphatic hydroxyl groups excluding tert-OH is 5. The zero-order valence-corrected chi connectivity index (χ0v) is 33.6. The Morgan fingerprint density at radius 2 is 1.08 bits per heavy atom. The van der Waals surface area contributed by atoms with Crippen LogP contribution in [-0.2, 0) is 14.3 Å². The normalized spacial score (nSPS) is 21.9. The van der Waals surface area contributed by atoms with Gasteiger partial charge in [-0.1, -0.05) is 167 Å². The zero-order chi connectivity index (χ0) is 38.1. The first-order valence-electron chi connectivity index (χ1n) is 21.9. The minimum absolute atomic E-state index is 0.137. The van der Waals surface area contributed by atoms with Gasteiger partial charge in [-0.2, -0.15) is 0 Å². The van der Waals surface area contributed by atoms with Gasteiger partial charge in [-0.25, -0.2) is 0 Å². The highest BCUT2D eigenvalue weighted by atomic mass is 16.7. The minimum Gasteiger partial charge on any atom is -0.394 e. The Morgan fingerprint density at radius 1 is 0.635 bits per heavy atom. The summed E-state index contributed by atoms with van der Waals surface area (Å²) in [6.07, 6.45) is 30.9. The first-order valence-corrected chi connectivity index (χ1v) is 21.9. The maximum atomic E-state index is 12.9. The average molecular weight is 742 g/mol. The molecule has 9 nitrogen and oxygen atoms in total. The fourth-order valence-corrected chi connectivity index (χ4v) is 7.04. The Kier molecular flexibility index (Phi) is 32.4. The molecule has 0 aromatic rings. The molecule has 0 aliphatic carbocycles. The second-order valence-electron chi connectivity index (χ2n) is 15.5. The smallest absolute Gasteiger partial charge is 0.220 e. The molecule has 0 bridgehead atoms. The highest BCUT2D eigenvalue weighted by Crippen LogP contribution is 2.23. The van der Waals surface area contributed by atoms with E-state index in [1.807, 2.05) is 0 Å². The number of allylic oxidation sites excluding steroid dienone is 2. The molecule has 1 heterocycles. The molecule has 1 rings (SSSR count). The van der Waals surface area contributed by atoms with Crippen LogP contribution in [0.5, 0.6) is 0 Å². The molecule has 0 saturated carbocycles. The second-order valence-corrected chi connectivity index (χ2v) is 15.5. The van der Waals surface area contributed by atoms with Gasteiger partial charge in [-0.3, -0.25) is 4.79 Å². The second kappa shape index (κ2) is 34.4. The van der Waals surface area contributed by atoms with Crippen molar-refractivity contribution >= 4 is 5.91 Å². The number of rotatable bonds is 36. The molecule has 1 aliphatic rings. The molecule has 52 heavy (non-hydrogen) atoms. The number of carbonyl (C=O) groups is 1. The van der Waals surface area contributed by atoms with Crippen molar-refractivity contribution < 1.29 is 39.8 Å². The maximum Gasteiger partial charge on any atom is 0.220 e. The minimum atomic E-state index is -1.55. The first kappa shape index (κ1) is 48.9. The zero-order valence-electron chi connectivity index (χ0n) is 33.6. The molecule has 1 fully saturated rings. The number of ether oxygens (including phenoxy) is 2. The molecular formula is C43H83NO8. The third-order valence-corrected chi connectivity index (χ3v) is 10.6. The molecule has 1 amide bonds. The van der Waals surface area contributed by atoms with E-state index in [0.717, 1.165) is 38.5 Å². The van der Waals surface area contributed by atoms with Crippen molar-refractivity contribution in [2.75, 3.05) is 13.2 Å². The highest BCUT2D eigenvalue weighted by Gasteiger charge is 2.44. The van der Waals surface area contributed by atoms with Gasteiger partial charge in [0.15, 0.2) is 6.29 Å². The van der Waals surface area contributed by atoms with Gasteiger partial charge in [-0.15, -0.1) is 0 Å². The summed E-state index contributed by atoms with van der Waals surface area (Å²) in [5, 5.41) is 54.1. The maximum absolute atomic E-state index is 12.9. The summed E-state index contributed by atoms with van der Waals surface area (Å²) in [6.45, 7) is 3.80. The topological polar surface area (TPSA) is 149 Å². The van der Waals surface area contributed by atoms with Gasteiger partial charge >= 0.3 is 0 Å². The van der Waals surface area contributed by atoms with E-state index in [1.54, 1.807) is 0 Å². The Morgan fingerprint density at radius 3 is 1.56 bits per heavy atom. The molecule has 1 aliphatic heterocycles.